The summed E-state index contributed by atoms with van der Waals surface area (Å²) in [6.45, 7) is 1.61. The van der Waals surface area contributed by atoms with Gasteiger partial charge in [-0.25, -0.2) is 9.07 Å². The van der Waals surface area contributed by atoms with E-state index in [1.165, 1.54) is 39.0 Å². The molecule has 0 bridgehead atoms. The monoisotopic (exact) mass is 517 g/mol. The van der Waals surface area contributed by atoms with Crippen molar-refractivity contribution in [1.82, 2.24) is 19.6 Å². The summed E-state index contributed by atoms with van der Waals surface area (Å²) < 4.78 is 14.8. The lowest BCUT2D eigenvalue weighted by Crippen LogP contribution is -2.41. The van der Waals surface area contributed by atoms with E-state index in [4.69, 9.17) is 0 Å². The molecule has 0 radical (unpaired) electrons. The minimum atomic E-state index is -0.634. The van der Waals surface area contributed by atoms with Gasteiger partial charge in [-0.1, -0.05) is 24.3 Å². The third kappa shape index (κ3) is 5.54. The fraction of sp³-hybridized carbons (Fsp3) is 0.250. The van der Waals surface area contributed by atoms with Crippen LogP contribution in [0.4, 0.5) is 10.1 Å². The maximum absolute atomic E-state index is 13.6. The fourth-order valence-electron chi connectivity index (χ4n) is 4.21. The fourth-order valence-corrected chi connectivity index (χ4v) is 4.21. The van der Waals surface area contributed by atoms with Crippen molar-refractivity contribution >= 4 is 23.4 Å². The van der Waals surface area contributed by atoms with Gasteiger partial charge in [0, 0.05) is 57.1 Å². The second-order valence-electron chi connectivity index (χ2n) is 9.36. The van der Waals surface area contributed by atoms with Crippen LogP contribution in [0, 0.1) is 12.7 Å². The lowest BCUT2D eigenvalue weighted by molar-refractivity contribution is -0.137. The Morgan fingerprint density at radius 3 is 2.50 bits per heavy atom. The van der Waals surface area contributed by atoms with Crippen LogP contribution in [0.1, 0.15) is 23.5 Å². The van der Waals surface area contributed by atoms with Crippen LogP contribution >= 0.6 is 0 Å². The van der Waals surface area contributed by atoms with E-state index in [1.54, 1.807) is 57.5 Å². The number of aryl methyl sites for hydroxylation is 2. The van der Waals surface area contributed by atoms with Gasteiger partial charge >= 0.3 is 0 Å². The number of benzene rings is 2. The molecule has 3 amide bonds. The molecular formula is C28H28FN5O4. The van der Waals surface area contributed by atoms with Crippen LogP contribution in [0.2, 0.25) is 0 Å². The average Bonchev–Trinajstić information content (AvgIpc) is 2.88. The summed E-state index contributed by atoms with van der Waals surface area (Å²) in [5.74, 6) is -2.16. The summed E-state index contributed by atoms with van der Waals surface area (Å²) in [6, 6.07) is 12.5. The molecule has 1 N–H and O–H groups in total. The van der Waals surface area contributed by atoms with Crippen LogP contribution in [0.25, 0.3) is 11.1 Å². The highest BCUT2D eigenvalue weighted by Crippen LogP contribution is 2.34. The van der Waals surface area contributed by atoms with E-state index < -0.39 is 17.6 Å². The van der Waals surface area contributed by atoms with Gasteiger partial charge in [0.25, 0.3) is 11.5 Å². The minimum Gasteiger partial charge on any atom is -0.347 e. The summed E-state index contributed by atoms with van der Waals surface area (Å²) in [5, 5.41) is 6.85. The van der Waals surface area contributed by atoms with Crippen molar-refractivity contribution in [2.75, 3.05) is 26.0 Å². The Morgan fingerprint density at radius 1 is 1.11 bits per heavy atom. The molecule has 1 aliphatic rings. The molecule has 0 saturated heterocycles. The van der Waals surface area contributed by atoms with Gasteiger partial charge in [0.1, 0.15) is 12.4 Å². The van der Waals surface area contributed by atoms with Crippen LogP contribution < -0.4 is 10.9 Å². The summed E-state index contributed by atoms with van der Waals surface area (Å²) in [7, 11) is 4.73. The Morgan fingerprint density at radius 2 is 1.82 bits per heavy atom. The summed E-state index contributed by atoms with van der Waals surface area (Å²) in [6.07, 6.45) is 2.86. The maximum Gasteiger partial charge on any atom is 0.274 e. The molecule has 1 unspecified atom stereocenters. The molecule has 2 aromatic carbocycles. The van der Waals surface area contributed by atoms with E-state index in [-0.39, 0.29) is 35.9 Å². The predicted octanol–water partition coefficient (Wildman–Crippen LogP) is 2.82. The first-order valence-corrected chi connectivity index (χ1v) is 12.0. The molecular weight excluding hydrogens is 489 g/mol. The summed E-state index contributed by atoms with van der Waals surface area (Å²) >= 11 is 0. The zero-order valence-corrected chi connectivity index (χ0v) is 21.6. The Bertz CT molecular complexity index is 1490. The number of hydrogen-bond donors (Lipinski definition) is 1. The number of anilines is 1. The number of likely N-dealkylation sites (N-methyl/N-ethyl adjacent to an activating group) is 1. The molecule has 0 spiro atoms. The molecule has 4 rings (SSSR count). The van der Waals surface area contributed by atoms with Crippen LogP contribution in [0.5, 0.6) is 0 Å². The highest BCUT2D eigenvalue weighted by Gasteiger charge is 2.33. The standard InChI is InChI=1S/C28H28FN5O4/c1-17-5-6-19(21-11-12-30-33(4)28(21)38)13-24(17)31-27(37)23-15-34(16-26(36)32(2)3)25(35)14-22(23)18-7-9-20(29)10-8-18/h5-13,15,22H,14,16H2,1-4H3,(H,31,37). The number of aromatic nitrogens is 2. The van der Waals surface area contributed by atoms with Gasteiger partial charge in [-0.15, -0.1) is 0 Å². The Labute approximate surface area is 219 Å². The zero-order valence-electron chi connectivity index (χ0n) is 21.6. The molecule has 196 valence electrons. The van der Waals surface area contributed by atoms with Crippen LogP contribution in [0.15, 0.2) is 71.3 Å². The molecule has 0 fully saturated rings. The molecule has 10 heteroatoms. The van der Waals surface area contributed by atoms with Crippen molar-refractivity contribution < 1.29 is 18.8 Å². The van der Waals surface area contributed by atoms with E-state index in [2.05, 4.69) is 10.4 Å². The van der Waals surface area contributed by atoms with E-state index in [1.807, 2.05) is 6.92 Å². The van der Waals surface area contributed by atoms with Crippen LogP contribution in [-0.4, -0.2) is 57.9 Å². The SMILES string of the molecule is Cc1ccc(-c2ccnn(C)c2=O)cc1NC(=O)C1=CN(CC(=O)N(C)C)C(=O)CC1c1ccc(F)cc1. The molecule has 1 aromatic heterocycles. The largest absolute Gasteiger partial charge is 0.347 e. The first kappa shape index (κ1) is 26.5. The van der Waals surface area contributed by atoms with E-state index in [0.717, 1.165) is 5.56 Å². The summed E-state index contributed by atoms with van der Waals surface area (Å²) in [4.78, 5) is 54.0. The Hall–Kier alpha value is -4.60. The second-order valence-corrected chi connectivity index (χ2v) is 9.36. The molecule has 1 aliphatic heterocycles. The normalized spacial score (nSPS) is 15.2. The van der Waals surface area contributed by atoms with Gasteiger partial charge in [-0.05, 0) is 47.9 Å². The molecule has 2 heterocycles. The van der Waals surface area contributed by atoms with Crippen molar-refractivity contribution in [2.24, 2.45) is 7.05 Å². The number of carbonyl (C=O) groups is 3. The van der Waals surface area contributed by atoms with Crippen molar-refractivity contribution in [3.63, 3.8) is 0 Å². The van der Waals surface area contributed by atoms with Gasteiger partial charge in [-0.2, -0.15) is 5.10 Å². The van der Waals surface area contributed by atoms with E-state index >= 15 is 0 Å². The van der Waals surface area contributed by atoms with Crippen LogP contribution in [0.3, 0.4) is 0 Å². The van der Waals surface area contributed by atoms with Gasteiger partial charge < -0.3 is 15.1 Å². The van der Waals surface area contributed by atoms with Gasteiger partial charge in [0.05, 0.1) is 5.56 Å². The maximum atomic E-state index is 13.6. The highest BCUT2D eigenvalue weighted by molar-refractivity contribution is 6.07. The number of amides is 3. The van der Waals surface area contributed by atoms with Gasteiger partial charge in [-0.3, -0.25) is 19.2 Å². The number of rotatable bonds is 6. The third-order valence-corrected chi connectivity index (χ3v) is 6.51. The third-order valence-electron chi connectivity index (χ3n) is 6.51. The second kappa shape index (κ2) is 10.8. The van der Waals surface area contributed by atoms with Crippen molar-refractivity contribution in [2.45, 2.75) is 19.3 Å². The minimum absolute atomic E-state index is 0.0579. The lowest BCUT2D eigenvalue weighted by atomic mass is 9.85. The average molecular weight is 518 g/mol. The van der Waals surface area contributed by atoms with Crippen LogP contribution in [-0.2, 0) is 21.4 Å². The topological polar surface area (TPSA) is 105 Å². The smallest absolute Gasteiger partial charge is 0.274 e. The molecule has 1 atom stereocenters. The Balaban J connectivity index is 1.71. The highest BCUT2D eigenvalue weighted by atomic mass is 19.1. The quantitative estimate of drug-likeness (QED) is 0.542. The molecule has 38 heavy (non-hydrogen) atoms. The van der Waals surface area contributed by atoms with Crippen molar-refractivity contribution in [3.05, 3.63) is 93.8 Å². The lowest BCUT2D eigenvalue weighted by Gasteiger charge is -2.31. The van der Waals surface area contributed by atoms with E-state index in [0.29, 0.717) is 22.4 Å². The molecule has 3 aromatic rings. The first-order chi connectivity index (χ1) is 18.0. The number of carbonyl (C=O) groups excluding carboxylic acids is 3. The van der Waals surface area contributed by atoms with Crippen molar-refractivity contribution in [1.29, 1.82) is 0 Å². The molecule has 0 saturated carbocycles. The van der Waals surface area contributed by atoms with Gasteiger partial charge in [0.2, 0.25) is 11.8 Å². The number of hydrogen-bond acceptors (Lipinski definition) is 5. The Kier molecular flexibility index (Phi) is 7.52. The molecule has 0 aliphatic carbocycles. The predicted molar refractivity (Wildman–Crippen MR) is 141 cm³/mol. The number of nitrogens with zero attached hydrogens (tertiary/aromatic N) is 4. The zero-order chi connectivity index (χ0) is 27.6. The number of halogens is 1. The summed E-state index contributed by atoms with van der Waals surface area (Å²) in [5.41, 5.74) is 2.86. The van der Waals surface area contributed by atoms with Gasteiger partial charge in [0.15, 0.2) is 0 Å². The van der Waals surface area contributed by atoms with E-state index in [9.17, 15) is 23.6 Å². The van der Waals surface area contributed by atoms with Crippen molar-refractivity contribution in [3.8, 4) is 11.1 Å². The number of nitrogens with one attached hydrogen (secondary N) is 1. The molecule has 9 nitrogen and oxygen atoms in total. The first-order valence-electron chi connectivity index (χ1n) is 12.0.